The molecule has 22 heavy (non-hydrogen) atoms. The lowest BCUT2D eigenvalue weighted by atomic mass is 9.87. The minimum atomic E-state index is 0.0249. The molecule has 126 valence electrons. The molecule has 0 aliphatic carbocycles. The van der Waals surface area contributed by atoms with Gasteiger partial charge in [0.2, 0.25) is 0 Å². The van der Waals surface area contributed by atoms with Gasteiger partial charge in [-0.1, -0.05) is 0 Å². The van der Waals surface area contributed by atoms with Crippen LogP contribution in [0.1, 0.15) is 19.3 Å². The normalized spacial score (nSPS) is 30.0. The Labute approximate surface area is 134 Å². The summed E-state index contributed by atoms with van der Waals surface area (Å²) in [5, 5.41) is 0. The molecule has 3 saturated heterocycles. The van der Waals surface area contributed by atoms with E-state index in [0.717, 1.165) is 65.1 Å². The van der Waals surface area contributed by atoms with E-state index in [0.29, 0.717) is 6.04 Å². The van der Waals surface area contributed by atoms with Crippen molar-refractivity contribution in [2.75, 3.05) is 67.0 Å². The molecule has 3 fully saturated rings. The van der Waals surface area contributed by atoms with Crippen molar-refractivity contribution in [2.24, 2.45) is 0 Å². The van der Waals surface area contributed by atoms with Crippen LogP contribution in [0.2, 0.25) is 0 Å². The molecule has 6 nitrogen and oxygen atoms in total. The van der Waals surface area contributed by atoms with E-state index in [9.17, 15) is 4.79 Å². The van der Waals surface area contributed by atoms with Crippen molar-refractivity contribution in [3.63, 3.8) is 0 Å². The van der Waals surface area contributed by atoms with Gasteiger partial charge >= 0.3 is 6.03 Å². The van der Waals surface area contributed by atoms with Gasteiger partial charge in [0.05, 0.1) is 12.2 Å². The third-order valence-electron chi connectivity index (χ3n) is 5.57. The molecule has 3 rings (SSSR count). The van der Waals surface area contributed by atoms with Gasteiger partial charge in [-0.15, -0.1) is 0 Å². The van der Waals surface area contributed by atoms with Crippen molar-refractivity contribution >= 4 is 6.03 Å². The van der Waals surface area contributed by atoms with E-state index in [2.05, 4.69) is 16.8 Å². The first-order valence-corrected chi connectivity index (χ1v) is 8.52. The maximum absolute atomic E-state index is 12.0. The van der Waals surface area contributed by atoms with Crippen molar-refractivity contribution in [2.45, 2.75) is 30.9 Å². The molecule has 0 aromatic rings. The van der Waals surface area contributed by atoms with Gasteiger partial charge in [-0.25, -0.2) is 4.79 Å². The summed E-state index contributed by atoms with van der Waals surface area (Å²) in [5.41, 5.74) is 0.0249. The molecule has 0 radical (unpaired) electrons. The first-order valence-electron chi connectivity index (χ1n) is 8.52. The molecule has 0 aromatic carbocycles. The molecule has 2 amide bonds. The van der Waals surface area contributed by atoms with E-state index >= 15 is 0 Å². The van der Waals surface area contributed by atoms with Gasteiger partial charge in [-0.05, 0) is 26.3 Å². The van der Waals surface area contributed by atoms with E-state index in [1.165, 1.54) is 0 Å². The standard InChI is InChI=1S/C16H30N4O2/c1-17(2)15(21)20-6-4-16(5-7-20)12-14(13-22-16)19-10-8-18(3)9-11-19/h14H,4-13H2,1-3H3/t14-/m1/s1. The summed E-state index contributed by atoms with van der Waals surface area (Å²) in [6, 6.07) is 0.702. The SMILES string of the molecule is CN1CCN([C@H]2COC3(CCN(C(=O)N(C)C)CC3)C2)CC1. The molecule has 3 heterocycles. The summed E-state index contributed by atoms with van der Waals surface area (Å²) in [4.78, 5) is 20.7. The summed E-state index contributed by atoms with van der Waals surface area (Å²) >= 11 is 0. The molecule has 1 spiro atoms. The number of carbonyl (C=O) groups is 1. The number of piperazine rings is 1. The number of ether oxygens (including phenoxy) is 1. The predicted octanol–water partition coefficient (Wildman–Crippen LogP) is 0.539. The van der Waals surface area contributed by atoms with Gasteiger partial charge in [0.25, 0.3) is 0 Å². The zero-order chi connectivity index (χ0) is 15.7. The monoisotopic (exact) mass is 310 g/mol. The van der Waals surface area contributed by atoms with Crippen LogP contribution in [-0.2, 0) is 4.74 Å². The number of piperidine rings is 1. The van der Waals surface area contributed by atoms with Gasteiger partial charge < -0.3 is 19.4 Å². The number of hydrogen-bond acceptors (Lipinski definition) is 4. The number of hydrogen-bond donors (Lipinski definition) is 0. The Balaban J connectivity index is 1.51. The second-order valence-corrected chi connectivity index (χ2v) is 7.36. The Bertz CT molecular complexity index is 399. The van der Waals surface area contributed by atoms with Crippen molar-refractivity contribution < 1.29 is 9.53 Å². The maximum atomic E-state index is 12.0. The number of likely N-dealkylation sites (N-methyl/N-ethyl adjacent to an activating group) is 1. The van der Waals surface area contributed by atoms with Crippen molar-refractivity contribution in [1.82, 2.24) is 19.6 Å². The zero-order valence-electron chi connectivity index (χ0n) is 14.3. The Hall–Kier alpha value is -0.850. The molecule has 1 atom stereocenters. The number of amides is 2. The first-order chi connectivity index (χ1) is 10.5. The van der Waals surface area contributed by atoms with E-state index in [-0.39, 0.29) is 11.6 Å². The van der Waals surface area contributed by atoms with Gasteiger partial charge in [0.1, 0.15) is 0 Å². The van der Waals surface area contributed by atoms with Crippen molar-refractivity contribution in [1.29, 1.82) is 0 Å². The molecule has 3 aliphatic heterocycles. The largest absolute Gasteiger partial charge is 0.373 e. The van der Waals surface area contributed by atoms with Crippen LogP contribution in [0.3, 0.4) is 0 Å². The summed E-state index contributed by atoms with van der Waals surface area (Å²) in [6.45, 7) is 7.16. The zero-order valence-corrected chi connectivity index (χ0v) is 14.3. The van der Waals surface area contributed by atoms with Crippen LogP contribution in [-0.4, -0.2) is 104 Å². The van der Waals surface area contributed by atoms with Crippen LogP contribution in [0.15, 0.2) is 0 Å². The van der Waals surface area contributed by atoms with Gasteiger partial charge in [0, 0.05) is 59.4 Å². The predicted molar refractivity (Wildman–Crippen MR) is 86.0 cm³/mol. The maximum Gasteiger partial charge on any atom is 0.319 e. The number of rotatable bonds is 1. The molecular formula is C16H30N4O2. The smallest absolute Gasteiger partial charge is 0.319 e. The van der Waals surface area contributed by atoms with E-state index in [4.69, 9.17) is 4.74 Å². The highest BCUT2D eigenvalue weighted by Gasteiger charge is 2.45. The Morgan fingerprint density at radius 2 is 1.73 bits per heavy atom. The number of urea groups is 1. The minimum Gasteiger partial charge on any atom is -0.373 e. The molecule has 0 saturated carbocycles. The van der Waals surface area contributed by atoms with E-state index < -0.39 is 0 Å². The van der Waals surface area contributed by atoms with Crippen LogP contribution in [0.25, 0.3) is 0 Å². The molecule has 0 aromatic heterocycles. The lowest BCUT2D eigenvalue weighted by Gasteiger charge is -2.40. The molecule has 0 bridgehead atoms. The Morgan fingerprint density at radius 1 is 1.09 bits per heavy atom. The van der Waals surface area contributed by atoms with E-state index in [1.54, 1.807) is 4.90 Å². The molecular weight excluding hydrogens is 280 g/mol. The molecule has 6 heteroatoms. The van der Waals surface area contributed by atoms with Crippen LogP contribution in [0.4, 0.5) is 4.79 Å². The van der Waals surface area contributed by atoms with Crippen molar-refractivity contribution in [3.05, 3.63) is 0 Å². The fourth-order valence-corrected chi connectivity index (χ4v) is 3.98. The third-order valence-corrected chi connectivity index (χ3v) is 5.57. The second kappa shape index (κ2) is 6.34. The lowest BCUT2D eigenvalue weighted by molar-refractivity contribution is -0.0384. The Morgan fingerprint density at radius 3 is 2.32 bits per heavy atom. The molecule has 0 N–H and O–H groups in total. The second-order valence-electron chi connectivity index (χ2n) is 7.36. The quantitative estimate of drug-likeness (QED) is 0.709. The lowest BCUT2D eigenvalue weighted by Crippen LogP contribution is -2.51. The topological polar surface area (TPSA) is 39.3 Å². The average molecular weight is 310 g/mol. The number of likely N-dealkylation sites (tertiary alicyclic amines) is 1. The van der Waals surface area contributed by atoms with Crippen LogP contribution in [0, 0.1) is 0 Å². The summed E-state index contributed by atoms with van der Waals surface area (Å²) < 4.78 is 6.26. The highest BCUT2D eigenvalue weighted by Crippen LogP contribution is 2.38. The summed E-state index contributed by atoms with van der Waals surface area (Å²) in [7, 11) is 5.84. The van der Waals surface area contributed by atoms with Gasteiger partial charge in [-0.3, -0.25) is 4.90 Å². The fourth-order valence-electron chi connectivity index (χ4n) is 3.98. The highest BCUT2D eigenvalue weighted by atomic mass is 16.5. The third kappa shape index (κ3) is 3.24. The van der Waals surface area contributed by atoms with Crippen molar-refractivity contribution in [3.8, 4) is 0 Å². The molecule has 0 unspecified atom stereocenters. The molecule has 3 aliphatic rings. The van der Waals surface area contributed by atoms with Gasteiger partial charge in [-0.2, -0.15) is 0 Å². The summed E-state index contributed by atoms with van der Waals surface area (Å²) in [5.74, 6) is 0. The first kappa shape index (κ1) is 16.0. The Kier molecular flexibility index (Phi) is 4.61. The highest BCUT2D eigenvalue weighted by molar-refractivity contribution is 5.73. The van der Waals surface area contributed by atoms with E-state index in [1.807, 2.05) is 19.0 Å². The van der Waals surface area contributed by atoms with Crippen LogP contribution in [0.5, 0.6) is 0 Å². The minimum absolute atomic E-state index is 0.0249. The fraction of sp³-hybridized carbons (Fsp3) is 0.938. The number of nitrogens with zero attached hydrogens (tertiary/aromatic N) is 4. The van der Waals surface area contributed by atoms with Crippen LogP contribution < -0.4 is 0 Å². The van der Waals surface area contributed by atoms with Crippen LogP contribution >= 0.6 is 0 Å². The summed E-state index contributed by atoms with van der Waals surface area (Å²) in [6.07, 6.45) is 3.11. The number of carbonyl (C=O) groups excluding carboxylic acids is 1. The van der Waals surface area contributed by atoms with Gasteiger partial charge in [0.15, 0.2) is 0 Å². The average Bonchev–Trinajstić information content (AvgIpc) is 2.92.